The van der Waals surface area contributed by atoms with E-state index in [-0.39, 0.29) is 20.9 Å². The van der Waals surface area contributed by atoms with E-state index in [0.29, 0.717) is 34.1 Å². The monoisotopic (exact) mass is 1010 g/mol. The lowest BCUT2D eigenvalue weighted by atomic mass is 9.94. The summed E-state index contributed by atoms with van der Waals surface area (Å²) in [7, 11) is 0. The van der Waals surface area contributed by atoms with Crippen LogP contribution < -0.4 is 9.47 Å². The summed E-state index contributed by atoms with van der Waals surface area (Å²) in [6, 6.07) is 33.3. The Labute approximate surface area is 426 Å². The normalized spacial score (nSPS) is 14.9. The van der Waals surface area contributed by atoms with Crippen LogP contribution in [0.5, 0.6) is 11.5 Å². The summed E-state index contributed by atoms with van der Waals surface area (Å²) in [5.41, 5.74) is 1.78. The molecule has 4 aromatic carbocycles. The second-order valence-electron chi connectivity index (χ2n) is 19.2. The topological polar surface area (TPSA) is 18.5 Å². The zero-order valence-electron chi connectivity index (χ0n) is 41.9. The van der Waals surface area contributed by atoms with Crippen LogP contribution in [-0.2, 0) is 0 Å². The zero-order valence-corrected chi connectivity index (χ0v) is 43.6. The summed E-state index contributed by atoms with van der Waals surface area (Å²) < 4.78 is 107. The van der Waals surface area contributed by atoms with E-state index in [1.54, 1.807) is 0 Å². The number of aryl methyl sites for hydroxylation is 2. The lowest BCUT2D eigenvalue weighted by molar-refractivity contribution is -0.254. The van der Waals surface area contributed by atoms with Crippen LogP contribution in [0.1, 0.15) is 150 Å². The van der Waals surface area contributed by atoms with Crippen LogP contribution in [0.4, 0.5) is 26.3 Å². The molecular weight excluding hydrogens is 943 g/mol. The molecule has 1 aliphatic carbocycles. The van der Waals surface area contributed by atoms with Gasteiger partial charge in [0.25, 0.3) is 0 Å². The highest BCUT2D eigenvalue weighted by Crippen LogP contribution is 2.66. The third-order valence-electron chi connectivity index (χ3n) is 13.8. The maximum absolute atomic E-state index is 16.1. The maximum atomic E-state index is 16.1. The van der Waals surface area contributed by atoms with Gasteiger partial charge in [-0.2, -0.15) is 26.3 Å². The third kappa shape index (κ3) is 13.1. The predicted molar refractivity (Wildman–Crippen MR) is 287 cm³/mol. The van der Waals surface area contributed by atoms with E-state index in [2.05, 4.69) is 13.8 Å². The van der Waals surface area contributed by atoms with Gasteiger partial charge in [0.2, 0.25) is 0 Å². The van der Waals surface area contributed by atoms with E-state index in [1.165, 1.54) is 116 Å². The van der Waals surface area contributed by atoms with E-state index in [0.717, 1.165) is 82.1 Å². The van der Waals surface area contributed by atoms with Gasteiger partial charge < -0.3 is 9.47 Å². The number of allylic oxidation sites excluding steroid dienone is 2. The summed E-state index contributed by atoms with van der Waals surface area (Å²) in [6.45, 7) is 8.83. The summed E-state index contributed by atoms with van der Waals surface area (Å²) in [4.78, 5) is 1.49. The largest absolute Gasteiger partial charge is 0.494 e. The quantitative estimate of drug-likeness (QED) is 0.0360. The number of alkyl halides is 6. The van der Waals surface area contributed by atoms with E-state index in [1.807, 2.05) is 97.1 Å². The first-order valence-corrected chi connectivity index (χ1v) is 27.7. The molecule has 7 rings (SSSR count). The first kappa shape index (κ1) is 54.0. The smallest absolute Gasteiger partial charge is 0.380 e. The lowest BCUT2D eigenvalue weighted by Gasteiger charge is -2.25. The van der Waals surface area contributed by atoms with Crippen molar-refractivity contribution in [1.82, 2.24) is 0 Å². The number of ether oxygens (including phenoxy) is 2. The van der Waals surface area contributed by atoms with Gasteiger partial charge in [0.15, 0.2) is 0 Å². The average molecular weight is 1010 g/mol. The molecule has 0 aliphatic heterocycles. The van der Waals surface area contributed by atoms with Crippen LogP contribution >= 0.6 is 22.7 Å². The van der Waals surface area contributed by atoms with Gasteiger partial charge in [-0.15, -0.1) is 22.7 Å². The highest BCUT2D eigenvalue weighted by atomic mass is 32.1. The molecular formula is C61H70F6O2S2. The minimum Gasteiger partial charge on any atom is -0.494 e. The lowest BCUT2D eigenvalue weighted by Crippen LogP contribution is -2.48. The van der Waals surface area contributed by atoms with Crippen LogP contribution in [0, 0.1) is 13.8 Å². The van der Waals surface area contributed by atoms with Crippen LogP contribution in [0.15, 0.2) is 109 Å². The summed E-state index contributed by atoms with van der Waals surface area (Å²) >= 11 is 2.22. The predicted octanol–water partition coefficient (Wildman–Crippen LogP) is 20.7. The van der Waals surface area contributed by atoms with E-state index in [9.17, 15) is 0 Å². The molecule has 6 aromatic rings. The highest BCUT2D eigenvalue weighted by Gasteiger charge is 2.80. The molecule has 0 unspecified atom stereocenters. The van der Waals surface area contributed by atoms with Gasteiger partial charge in [0.05, 0.1) is 13.2 Å². The fraction of sp³-hybridized carbons (Fsp3) is 0.443. The Kier molecular flexibility index (Phi) is 19.2. The Hall–Kier alpha value is -4.80. The molecule has 2 nitrogen and oxygen atoms in total. The maximum Gasteiger partial charge on any atom is 0.380 e. The first-order chi connectivity index (χ1) is 34.3. The van der Waals surface area contributed by atoms with E-state index < -0.39 is 28.9 Å². The third-order valence-corrected chi connectivity index (χ3v) is 16.0. The van der Waals surface area contributed by atoms with Crippen molar-refractivity contribution in [2.45, 2.75) is 161 Å². The van der Waals surface area contributed by atoms with Crippen molar-refractivity contribution >= 4 is 33.8 Å². The van der Waals surface area contributed by atoms with Gasteiger partial charge in [0.1, 0.15) is 11.5 Å². The van der Waals surface area contributed by atoms with Crippen molar-refractivity contribution < 1.29 is 35.8 Å². The Morgan fingerprint density at radius 1 is 0.366 bits per heavy atom. The van der Waals surface area contributed by atoms with Gasteiger partial charge in [-0.3, -0.25) is 0 Å². The van der Waals surface area contributed by atoms with Crippen LogP contribution in [-0.4, -0.2) is 31.0 Å². The number of hydrogen-bond acceptors (Lipinski definition) is 4. The molecule has 10 heteroatoms. The minimum atomic E-state index is -5.65. The second-order valence-corrected chi connectivity index (χ2v) is 21.7. The molecule has 0 N–H and O–H groups in total. The number of hydrogen-bond donors (Lipinski definition) is 0. The summed E-state index contributed by atoms with van der Waals surface area (Å²) in [6.07, 6.45) is 22.5. The van der Waals surface area contributed by atoms with Crippen molar-refractivity contribution in [2.24, 2.45) is 0 Å². The molecule has 2 heterocycles. The van der Waals surface area contributed by atoms with Gasteiger partial charge >= 0.3 is 17.8 Å². The van der Waals surface area contributed by atoms with Crippen LogP contribution in [0.3, 0.4) is 0 Å². The number of thiophene rings is 2. The Balaban J connectivity index is 1.01. The Morgan fingerprint density at radius 2 is 0.634 bits per heavy atom. The molecule has 0 saturated heterocycles. The summed E-state index contributed by atoms with van der Waals surface area (Å²) in [5.74, 6) is -14.4. The average Bonchev–Trinajstić information content (AvgIpc) is 3.98. The fourth-order valence-electron chi connectivity index (χ4n) is 9.52. The fourth-order valence-corrected chi connectivity index (χ4v) is 11.6. The van der Waals surface area contributed by atoms with Gasteiger partial charge in [-0.1, -0.05) is 189 Å². The molecule has 0 atom stereocenters. The number of rotatable bonds is 28. The molecule has 0 saturated carbocycles. The molecule has 71 heavy (non-hydrogen) atoms. The molecule has 0 fully saturated rings. The zero-order chi connectivity index (χ0) is 50.4. The molecule has 0 radical (unpaired) electrons. The van der Waals surface area contributed by atoms with Gasteiger partial charge in [0, 0.05) is 30.7 Å². The van der Waals surface area contributed by atoms with Crippen molar-refractivity contribution in [2.75, 3.05) is 13.2 Å². The molecule has 380 valence electrons. The minimum absolute atomic E-state index is 0.241. The number of halogens is 6. The molecule has 0 amide bonds. The molecule has 2 aromatic heterocycles. The van der Waals surface area contributed by atoms with Crippen LogP contribution in [0.2, 0.25) is 0 Å². The van der Waals surface area contributed by atoms with Gasteiger partial charge in [-0.25, -0.2) is 0 Å². The first-order valence-electron chi connectivity index (χ1n) is 26.0. The highest BCUT2D eigenvalue weighted by molar-refractivity contribution is 7.16. The van der Waals surface area contributed by atoms with E-state index in [4.69, 9.17) is 9.47 Å². The van der Waals surface area contributed by atoms with E-state index >= 15 is 26.3 Å². The summed E-state index contributed by atoms with van der Waals surface area (Å²) in [5, 5.41) is 0. The van der Waals surface area contributed by atoms with Crippen LogP contribution in [0.25, 0.3) is 54.3 Å². The standard InChI is InChI=1S/C61H70F6O2S2/c1-5-7-9-11-13-15-17-19-21-39-68-51-35-31-47(32-36-51)45-23-27-49(28-24-45)55-41-53(43(3)70-55)57-58(60(64,65)61(66,67)59(57,62)63)54-42-56(71-44(54)4)50-29-25-46(26-30-50)48-33-37-52(38-34-48)69-40-22-20-18-16-14-12-10-8-6-2/h23-38,41-42H,5-22,39-40H2,1-4H3. The van der Waals surface area contributed by atoms with Crippen molar-refractivity contribution in [3.05, 3.63) is 130 Å². The SMILES string of the molecule is CCCCCCCCCCCOc1ccc(-c2ccc(-c3cc(C4=C(c5cc(-c6ccc(-c7ccc(OCCCCCCCCCCC)cc7)cc6)sc5C)C(F)(F)C(F)(F)C4(F)F)c(C)s3)cc2)cc1. The van der Waals surface area contributed by atoms with Crippen molar-refractivity contribution in [3.8, 4) is 54.6 Å². The molecule has 1 aliphatic rings. The molecule has 0 spiro atoms. The Morgan fingerprint density at radius 3 is 0.944 bits per heavy atom. The van der Waals surface area contributed by atoms with Gasteiger partial charge in [-0.05, 0) is 108 Å². The second kappa shape index (κ2) is 25.2. The van der Waals surface area contributed by atoms with Crippen molar-refractivity contribution in [3.63, 3.8) is 0 Å². The Bertz CT molecular complexity index is 2430. The van der Waals surface area contributed by atoms with Crippen molar-refractivity contribution in [1.29, 1.82) is 0 Å². The number of unbranched alkanes of at least 4 members (excludes halogenated alkanes) is 16. The number of benzene rings is 4. The molecule has 0 bridgehead atoms.